The van der Waals surface area contributed by atoms with Crippen LogP contribution in [0.1, 0.15) is 16.8 Å². The van der Waals surface area contributed by atoms with Crippen LogP contribution in [0.25, 0.3) is 0 Å². The number of nitrogen functional groups attached to an aromatic ring is 1. The van der Waals surface area contributed by atoms with Gasteiger partial charge in [-0.2, -0.15) is 0 Å². The quantitative estimate of drug-likeness (QED) is 0.502. The fourth-order valence-electron chi connectivity index (χ4n) is 1.65. The summed E-state index contributed by atoms with van der Waals surface area (Å²) in [5.74, 6) is 6.90. The zero-order chi connectivity index (χ0) is 13.0. The van der Waals surface area contributed by atoms with Gasteiger partial charge in [0.2, 0.25) is 0 Å². The zero-order valence-corrected chi connectivity index (χ0v) is 11.4. The average Bonchev–Trinajstić information content (AvgIpc) is 2.40. The van der Waals surface area contributed by atoms with Gasteiger partial charge in [0.25, 0.3) is 0 Å². The molecule has 0 spiro atoms. The van der Waals surface area contributed by atoms with Gasteiger partial charge >= 0.3 is 0 Å². The summed E-state index contributed by atoms with van der Waals surface area (Å²) in [5.41, 5.74) is 6.18. The van der Waals surface area contributed by atoms with Crippen LogP contribution in [0.15, 0.2) is 41.3 Å². The van der Waals surface area contributed by atoms with Crippen LogP contribution in [0.4, 0.5) is 5.82 Å². The average molecular weight is 259 g/mol. The number of aromatic nitrogens is 1. The predicted octanol–water partition coefficient (Wildman–Crippen LogP) is 3.28. The molecule has 1 aromatic heterocycles. The maximum Gasteiger partial charge on any atom is 0.140 e. The molecule has 4 heteroatoms. The van der Waals surface area contributed by atoms with Crippen molar-refractivity contribution in [3.63, 3.8) is 0 Å². The second-order valence-corrected chi connectivity index (χ2v) is 5.23. The van der Waals surface area contributed by atoms with Crippen LogP contribution >= 0.6 is 11.8 Å². The predicted molar refractivity (Wildman–Crippen MR) is 77.5 cm³/mol. The summed E-state index contributed by atoms with van der Waals surface area (Å²) < 4.78 is 0. The van der Waals surface area contributed by atoms with Crippen molar-refractivity contribution >= 4 is 17.6 Å². The Kier molecular flexibility index (Phi) is 4.23. The van der Waals surface area contributed by atoms with Crippen LogP contribution in [-0.2, 0) is 5.75 Å². The molecule has 0 aliphatic heterocycles. The molecule has 0 amide bonds. The van der Waals surface area contributed by atoms with E-state index < -0.39 is 0 Å². The Morgan fingerprint density at radius 1 is 1.22 bits per heavy atom. The lowest BCUT2D eigenvalue weighted by atomic mass is 10.2. The number of anilines is 1. The molecule has 0 bridgehead atoms. The number of rotatable bonds is 4. The van der Waals surface area contributed by atoms with Crippen LogP contribution in [0.3, 0.4) is 0 Å². The van der Waals surface area contributed by atoms with Crippen molar-refractivity contribution in [2.75, 3.05) is 5.43 Å². The van der Waals surface area contributed by atoms with E-state index in [0.29, 0.717) is 5.82 Å². The first-order valence-corrected chi connectivity index (χ1v) is 6.80. The number of nitrogens with one attached hydrogen (secondary N) is 1. The molecule has 1 heterocycles. The number of nitrogens with zero attached hydrogens (tertiary/aromatic N) is 1. The number of nitrogens with two attached hydrogens (primary N) is 1. The molecule has 0 saturated carbocycles. The summed E-state index contributed by atoms with van der Waals surface area (Å²) >= 11 is 1.80. The van der Waals surface area contributed by atoms with Crippen molar-refractivity contribution in [1.29, 1.82) is 0 Å². The Morgan fingerprint density at radius 3 is 2.83 bits per heavy atom. The van der Waals surface area contributed by atoms with Gasteiger partial charge in [0.15, 0.2) is 0 Å². The molecule has 0 radical (unpaired) electrons. The first-order valence-electron chi connectivity index (χ1n) is 5.81. The monoisotopic (exact) mass is 259 g/mol. The maximum atomic E-state index is 5.35. The highest BCUT2D eigenvalue weighted by Gasteiger charge is 2.02. The van der Waals surface area contributed by atoms with Gasteiger partial charge in [0.05, 0.1) is 5.69 Å². The topological polar surface area (TPSA) is 50.9 Å². The second-order valence-electron chi connectivity index (χ2n) is 4.22. The summed E-state index contributed by atoms with van der Waals surface area (Å²) in [6.45, 7) is 4.24. The Bertz CT molecular complexity index is 540. The van der Waals surface area contributed by atoms with E-state index in [9.17, 15) is 0 Å². The molecule has 0 unspecified atom stereocenters. The summed E-state index contributed by atoms with van der Waals surface area (Å²) in [5, 5.41) is 0. The van der Waals surface area contributed by atoms with Crippen LogP contribution in [0.5, 0.6) is 0 Å². The number of pyridine rings is 1. The van der Waals surface area contributed by atoms with Gasteiger partial charge in [-0.1, -0.05) is 23.8 Å². The second kappa shape index (κ2) is 5.89. The van der Waals surface area contributed by atoms with Gasteiger partial charge in [-0.3, -0.25) is 0 Å². The van der Waals surface area contributed by atoms with Crippen LogP contribution in [0, 0.1) is 13.8 Å². The van der Waals surface area contributed by atoms with Crippen LogP contribution in [0.2, 0.25) is 0 Å². The van der Waals surface area contributed by atoms with Crippen LogP contribution < -0.4 is 11.3 Å². The number of benzene rings is 1. The normalized spacial score (nSPS) is 10.4. The summed E-state index contributed by atoms with van der Waals surface area (Å²) in [6, 6.07) is 12.3. The Labute approximate surface area is 112 Å². The Morgan fingerprint density at radius 2 is 2.06 bits per heavy atom. The third kappa shape index (κ3) is 3.24. The molecule has 1 aromatic carbocycles. The van der Waals surface area contributed by atoms with E-state index in [-0.39, 0.29) is 0 Å². The van der Waals surface area contributed by atoms with E-state index in [1.54, 1.807) is 11.8 Å². The van der Waals surface area contributed by atoms with E-state index in [1.807, 2.05) is 18.2 Å². The molecule has 0 saturated heterocycles. The molecular formula is C14H17N3S. The molecule has 3 N–H and O–H groups in total. The van der Waals surface area contributed by atoms with E-state index in [4.69, 9.17) is 5.84 Å². The fraction of sp³-hybridized carbons (Fsp3) is 0.214. The summed E-state index contributed by atoms with van der Waals surface area (Å²) in [7, 11) is 0. The first kappa shape index (κ1) is 12.9. The number of hydrazine groups is 1. The van der Waals surface area contributed by atoms with Crippen molar-refractivity contribution in [3.05, 3.63) is 53.2 Å². The lowest BCUT2D eigenvalue weighted by Gasteiger charge is -2.07. The maximum absolute atomic E-state index is 5.35. The van der Waals surface area contributed by atoms with E-state index in [2.05, 4.69) is 42.5 Å². The lowest BCUT2D eigenvalue weighted by Crippen LogP contribution is -2.08. The lowest BCUT2D eigenvalue weighted by molar-refractivity contribution is 1.14. The molecule has 2 rings (SSSR count). The molecule has 0 fully saturated rings. The Hall–Kier alpha value is -1.52. The summed E-state index contributed by atoms with van der Waals surface area (Å²) in [6.07, 6.45) is 0. The van der Waals surface area contributed by atoms with Gasteiger partial charge in [0.1, 0.15) is 5.82 Å². The van der Waals surface area contributed by atoms with Crippen molar-refractivity contribution in [2.24, 2.45) is 5.84 Å². The molecule has 3 nitrogen and oxygen atoms in total. The van der Waals surface area contributed by atoms with Gasteiger partial charge in [-0.05, 0) is 37.6 Å². The Balaban J connectivity index is 2.08. The number of aryl methyl sites for hydroxylation is 2. The minimum atomic E-state index is 0.703. The highest BCUT2D eigenvalue weighted by atomic mass is 32.2. The number of thioether (sulfide) groups is 1. The SMILES string of the molecule is Cc1ccc(C)c(SCc2cccc(NN)n2)c1. The first-order chi connectivity index (χ1) is 8.69. The molecular weight excluding hydrogens is 242 g/mol. The van der Waals surface area contributed by atoms with Crippen molar-refractivity contribution in [3.8, 4) is 0 Å². The fourth-order valence-corrected chi connectivity index (χ4v) is 2.68. The van der Waals surface area contributed by atoms with Crippen molar-refractivity contribution in [2.45, 2.75) is 24.5 Å². The molecule has 0 aliphatic rings. The third-order valence-electron chi connectivity index (χ3n) is 2.67. The molecule has 18 heavy (non-hydrogen) atoms. The largest absolute Gasteiger partial charge is 0.308 e. The third-order valence-corrected chi connectivity index (χ3v) is 3.86. The van der Waals surface area contributed by atoms with Crippen molar-refractivity contribution in [1.82, 2.24) is 4.98 Å². The number of hydrogen-bond acceptors (Lipinski definition) is 4. The van der Waals surface area contributed by atoms with Crippen molar-refractivity contribution < 1.29 is 0 Å². The van der Waals surface area contributed by atoms with Gasteiger partial charge in [-0.25, -0.2) is 10.8 Å². The van der Waals surface area contributed by atoms with Gasteiger partial charge in [-0.15, -0.1) is 11.8 Å². The van der Waals surface area contributed by atoms with E-state index >= 15 is 0 Å². The number of hydrogen-bond donors (Lipinski definition) is 2. The minimum absolute atomic E-state index is 0.703. The highest BCUT2D eigenvalue weighted by Crippen LogP contribution is 2.26. The van der Waals surface area contributed by atoms with E-state index in [1.165, 1.54) is 16.0 Å². The smallest absolute Gasteiger partial charge is 0.140 e. The standard InChI is InChI=1S/C14H17N3S/c1-10-6-7-11(2)13(8-10)18-9-12-4-3-5-14(16-12)17-15/h3-8H,9,15H2,1-2H3,(H,16,17). The van der Waals surface area contributed by atoms with Gasteiger partial charge < -0.3 is 5.43 Å². The van der Waals surface area contributed by atoms with Crippen LogP contribution in [-0.4, -0.2) is 4.98 Å². The van der Waals surface area contributed by atoms with E-state index in [0.717, 1.165) is 11.4 Å². The summed E-state index contributed by atoms with van der Waals surface area (Å²) in [4.78, 5) is 5.71. The molecule has 2 aromatic rings. The molecule has 94 valence electrons. The zero-order valence-electron chi connectivity index (χ0n) is 10.6. The highest BCUT2D eigenvalue weighted by molar-refractivity contribution is 7.98. The van der Waals surface area contributed by atoms with Gasteiger partial charge in [0, 0.05) is 10.6 Å². The minimum Gasteiger partial charge on any atom is -0.308 e. The molecule has 0 aliphatic carbocycles. The molecule has 0 atom stereocenters.